The molecule has 0 N–H and O–H groups in total. The van der Waals surface area contributed by atoms with Gasteiger partial charge in [-0.3, -0.25) is 4.68 Å². The van der Waals surface area contributed by atoms with E-state index in [1.165, 1.54) is 0 Å². The van der Waals surface area contributed by atoms with Crippen LogP contribution in [0, 0.1) is 5.92 Å². The number of halogens is 1. The predicted octanol–water partition coefficient (Wildman–Crippen LogP) is 3.26. The molecule has 1 saturated heterocycles. The molecule has 4 aromatic heterocycles. The van der Waals surface area contributed by atoms with Gasteiger partial charge < -0.3 is 9.80 Å². The third-order valence-electron chi connectivity index (χ3n) is 6.86. The normalized spacial score (nSPS) is 20.2. The second-order valence-electron chi connectivity index (χ2n) is 9.49. The number of rotatable bonds is 5. The minimum Gasteiger partial charge on any atom is -0.351 e. The average Bonchev–Trinajstić information content (AvgIpc) is 3.53. The van der Waals surface area contributed by atoms with Crippen LogP contribution in [0.4, 0.5) is 16.2 Å². The highest BCUT2D eigenvalue weighted by Crippen LogP contribution is 2.27. The molecule has 0 spiro atoms. The van der Waals surface area contributed by atoms with Crippen molar-refractivity contribution in [1.82, 2.24) is 34.3 Å². The molecule has 1 fully saturated rings. The average molecular weight is 486 g/mol. The molecule has 10 heteroatoms. The number of nitrogens with zero attached hydrogens (tertiary/aromatic N) is 9. The summed E-state index contributed by atoms with van der Waals surface area (Å²) in [6.07, 6.45) is 16.5. The highest BCUT2D eigenvalue weighted by molar-refractivity contribution is 5.77. The number of aromatic nitrogens is 7. The largest absolute Gasteiger partial charge is 0.351 e. The minimum atomic E-state index is -0.898. The Morgan fingerprint density at radius 2 is 1.72 bits per heavy atom. The van der Waals surface area contributed by atoms with Crippen molar-refractivity contribution in [3.8, 4) is 11.1 Å². The fourth-order valence-corrected chi connectivity index (χ4v) is 4.84. The van der Waals surface area contributed by atoms with Crippen LogP contribution in [-0.2, 0) is 13.5 Å². The van der Waals surface area contributed by atoms with E-state index in [1.807, 2.05) is 61.6 Å². The number of fused-ring (bicyclic) bond motifs is 1. The summed E-state index contributed by atoms with van der Waals surface area (Å²) in [6.45, 7) is 5.12. The van der Waals surface area contributed by atoms with Crippen LogP contribution < -0.4 is 9.80 Å². The number of aryl methyl sites for hydroxylation is 1. The summed E-state index contributed by atoms with van der Waals surface area (Å²) in [7, 11) is 1.91. The summed E-state index contributed by atoms with van der Waals surface area (Å²) in [6, 6.07) is 2.12. The van der Waals surface area contributed by atoms with E-state index in [0.717, 1.165) is 65.7 Å². The molecule has 5 heterocycles. The molecule has 6 rings (SSSR count). The Morgan fingerprint density at radius 3 is 2.44 bits per heavy atom. The Kier molecular flexibility index (Phi) is 5.71. The van der Waals surface area contributed by atoms with Gasteiger partial charge in [-0.1, -0.05) is 19.1 Å². The van der Waals surface area contributed by atoms with Gasteiger partial charge in [-0.15, -0.1) is 0 Å². The van der Waals surface area contributed by atoms with E-state index < -0.39 is 6.17 Å². The summed E-state index contributed by atoms with van der Waals surface area (Å²) in [5, 5.41) is 8.68. The number of hydrogen-bond donors (Lipinski definition) is 0. The molecule has 4 aromatic rings. The van der Waals surface area contributed by atoms with E-state index >= 15 is 0 Å². The van der Waals surface area contributed by atoms with Crippen LogP contribution in [-0.4, -0.2) is 66.7 Å². The maximum Gasteiger partial charge on any atom is 0.225 e. The van der Waals surface area contributed by atoms with Gasteiger partial charge in [0.1, 0.15) is 18.0 Å². The third kappa shape index (κ3) is 4.34. The maximum atomic E-state index is 13.7. The summed E-state index contributed by atoms with van der Waals surface area (Å²) in [5.74, 6) is 1.57. The second-order valence-corrected chi connectivity index (χ2v) is 9.49. The zero-order valence-corrected chi connectivity index (χ0v) is 20.4. The van der Waals surface area contributed by atoms with E-state index in [0.29, 0.717) is 6.42 Å². The van der Waals surface area contributed by atoms with Gasteiger partial charge in [0.25, 0.3) is 0 Å². The number of piperazine rings is 1. The van der Waals surface area contributed by atoms with E-state index in [9.17, 15) is 4.39 Å². The number of hydrogen-bond acceptors (Lipinski definition) is 7. The van der Waals surface area contributed by atoms with E-state index in [2.05, 4.69) is 41.0 Å². The molecule has 0 saturated carbocycles. The van der Waals surface area contributed by atoms with Crippen molar-refractivity contribution in [2.24, 2.45) is 13.0 Å². The van der Waals surface area contributed by atoms with Crippen LogP contribution in [0.5, 0.6) is 0 Å². The molecule has 1 aliphatic heterocycles. The Labute approximate surface area is 208 Å². The van der Waals surface area contributed by atoms with Crippen molar-refractivity contribution in [2.75, 3.05) is 36.0 Å². The fraction of sp³-hybridized carbons (Fsp3) is 0.346. The zero-order valence-electron chi connectivity index (χ0n) is 20.4. The molecule has 2 unspecified atom stereocenters. The minimum absolute atomic E-state index is 0.0914. The second kappa shape index (κ2) is 9.18. The van der Waals surface area contributed by atoms with Crippen molar-refractivity contribution < 1.29 is 4.39 Å². The topological polar surface area (TPSA) is 80.3 Å². The summed E-state index contributed by atoms with van der Waals surface area (Å²) in [4.78, 5) is 18.3. The lowest BCUT2D eigenvalue weighted by molar-refractivity contribution is 0.332. The van der Waals surface area contributed by atoms with Crippen molar-refractivity contribution >= 4 is 17.3 Å². The first-order valence-electron chi connectivity index (χ1n) is 12.2. The Hall–Kier alpha value is -4.08. The van der Waals surface area contributed by atoms with Crippen LogP contribution in [0.3, 0.4) is 0 Å². The Morgan fingerprint density at radius 1 is 0.944 bits per heavy atom. The molecule has 36 heavy (non-hydrogen) atoms. The Bertz CT molecular complexity index is 1430. The van der Waals surface area contributed by atoms with Crippen LogP contribution in [0.2, 0.25) is 0 Å². The van der Waals surface area contributed by atoms with Gasteiger partial charge in [0.05, 0.1) is 6.20 Å². The zero-order chi connectivity index (χ0) is 24.6. The lowest BCUT2D eigenvalue weighted by Crippen LogP contribution is -2.47. The SMILES string of the molecule is CC1C=C(Cc2cnc(N3CCN(c4ncnn5cc(-c6cnn(C)c6)cc45)CC3)nc2)C=CC1F. The first kappa shape index (κ1) is 22.4. The first-order chi connectivity index (χ1) is 17.5. The van der Waals surface area contributed by atoms with Crippen LogP contribution in [0.15, 0.2) is 67.2 Å². The number of anilines is 2. The summed E-state index contributed by atoms with van der Waals surface area (Å²) >= 11 is 0. The van der Waals surface area contributed by atoms with Crippen molar-refractivity contribution in [3.05, 3.63) is 72.7 Å². The third-order valence-corrected chi connectivity index (χ3v) is 6.86. The van der Waals surface area contributed by atoms with Gasteiger partial charge in [0.15, 0.2) is 5.82 Å². The van der Waals surface area contributed by atoms with E-state index in [4.69, 9.17) is 0 Å². The molecule has 9 nitrogen and oxygen atoms in total. The number of alkyl halides is 1. The molecule has 2 atom stereocenters. The van der Waals surface area contributed by atoms with Gasteiger partial charge in [-0.2, -0.15) is 10.2 Å². The maximum absolute atomic E-state index is 13.7. The molecule has 0 radical (unpaired) electrons. The molecular weight excluding hydrogens is 457 g/mol. The number of allylic oxidation sites excluding steroid dienone is 4. The monoisotopic (exact) mass is 485 g/mol. The van der Waals surface area contributed by atoms with Crippen LogP contribution in [0.25, 0.3) is 16.6 Å². The first-order valence-corrected chi connectivity index (χ1v) is 12.2. The highest BCUT2D eigenvalue weighted by Gasteiger charge is 2.23. The van der Waals surface area contributed by atoms with Crippen molar-refractivity contribution in [1.29, 1.82) is 0 Å². The smallest absolute Gasteiger partial charge is 0.225 e. The van der Waals surface area contributed by atoms with E-state index in [1.54, 1.807) is 17.1 Å². The molecule has 184 valence electrons. The fourth-order valence-electron chi connectivity index (χ4n) is 4.84. The van der Waals surface area contributed by atoms with Crippen LogP contribution in [0.1, 0.15) is 12.5 Å². The van der Waals surface area contributed by atoms with E-state index in [-0.39, 0.29) is 5.92 Å². The molecule has 0 aromatic carbocycles. The predicted molar refractivity (Wildman–Crippen MR) is 137 cm³/mol. The van der Waals surface area contributed by atoms with Gasteiger partial charge in [-0.05, 0) is 23.3 Å². The standard InChI is InChI=1S/C26H28FN9/c1-18-9-19(3-4-23(18)27)10-20-12-28-26(29-13-20)35-7-5-34(6-8-35)25-24-11-21(16-36(24)32-17-30-25)22-14-31-33(2)15-22/h3-4,9,11-18,23H,5-8,10H2,1-2H3. The molecule has 1 aliphatic carbocycles. The molecular formula is C26H28FN9. The molecule has 2 aliphatic rings. The summed E-state index contributed by atoms with van der Waals surface area (Å²) in [5.41, 5.74) is 5.23. The van der Waals surface area contributed by atoms with Gasteiger partial charge in [0.2, 0.25) is 5.95 Å². The summed E-state index contributed by atoms with van der Waals surface area (Å²) < 4.78 is 17.3. The lowest BCUT2D eigenvalue weighted by Gasteiger charge is -2.35. The molecule has 0 bridgehead atoms. The highest BCUT2D eigenvalue weighted by atomic mass is 19.1. The molecule has 0 amide bonds. The van der Waals surface area contributed by atoms with Gasteiger partial charge >= 0.3 is 0 Å². The Balaban J connectivity index is 1.12. The quantitative estimate of drug-likeness (QED) is 0.429. The van der Waals surface area contributed by atoms with Gasteiger partial charge in [-0.25, -0.2) is 23.9 Å². The van der Waals surface area contributed by atoms with Crippen LogP contribution >= 0.6 is 0 Å². The van der Waals surface area contributed by atoms with Crippen molar-refractivity contribution in [2.45, 2.75) is 19.5 Å². The van der Waals surface area contributed by atoms with Crippen molar-refractivity contribution in [3.63, 3.8) is 0 Å². The lowest BCUT2D eigenvalue weighted by atomic mass is 9.93. The van der Waals surface area contributed by atoms with Gasteiger partial charge in [0, 0.05) is 81.5 Å².